The fourth-order valence-electron chi connectivity index (χ4n) is 3.53. The van der Waals surface area contributed by atoms with Gasteiger partial charge in [-0.1, -0.05) is 29.8 Å². The predicted molar refractivity (Wildman–Crippen MR) is 90.9 cm³/mol. The van der Waals surface area contributed by atoms with Crippen LogP contribution < -0.4 is 4.90 Å². The molecule has 5 heteroatoms. The summed E-state index contributed by atoms with van der Waals surface area (Å²) in [6, 6.07) is 11.4. The Hall–Kier alpha value is -2.43. The third-order valence-corrected chi connectivity index (χ3v) is 4.74. The van der Waals surface area contributed by atoms with Crippen LogP contribution in [0.3, 0.4) is 0 Å². The first kappa shape index (κ1) is 14.2. The number of hydrogen-bond donors (Lipinski definition) is 0. The number of anilines is 1. The smallest absolute Gasteiger partial charge is 0.254 e. The molecule has 1 aliphatic rings. The van der Waals surface area contributed by atoms with Crippen LogP contribution in [-0.4, -0.2) is 32.2 Å². The van der Waals surface area contributed by atoms with E-state index in [1.807, 2.05) is 23.7 Å². The predicted octanol–water partition coefficient (Wildman–Crippen LogP) is 3.12. The van der Waals surface area contributed by atoms with Gasteiger partial charge in [-0.2, -0.15) is 9.50 Å². The van der Waals surface area contributed by atoms with E-state index in [0.717, 1.165) is 24.6 Å². The fourth-order valence-corrected chi connectivity index (χ4v) is 3.53. The minimum absolute atomic E-state index is 0.469. The first-order valence-corrected chi connectivity index (χ1v) is 8.13. The van der Waals surface area contributed by atoms with Gasteiger partial charge in [-0.05, 0) is 38.8 Å². The van der Waals surface area contributed by atoms with Crippen molar-refractivity contribution < 1.29 is 0 Å². The molecule has 0 amide bonds. The summed E-state index contributed by atoms with van der Waals surface area (Å²) >= 11 is 0. The highest BCUT2D eigenvalue weighted by Gasteiger charge is 2.31. The van der Waals surface area contributed by atoms with Crippen LogP contribution in [0.25, 0.3) is 5.78 Å². The van der Waals surface area contributed by atoms with Crippen molar-refractivity contribution in [2.75, 3.05) is 11.4 Å². The molecule has 3 aromatic rings. The van der Waals surface area contributed by atoms with Gasteiger partial charge in [0.1, 0.15) is 11.6 Å². The molecular weight excluding hydrogens is 286 g/mol. The van der Waals surface area contributed by atoms with Crippen LogP contribution in [0.4, 0.5) is 5.82 Å². The molecular formula is C18H21N5. The van der Waals surface area contributed by atoms with Gasteiger partial charge in [-0.15, -0.1) is 5.10 Å². The molecule has 4 rings (SSSR count). The highest BCUT2D eigenvalue weighted by Crippen LogP contribution is 2.34. The normalized spacial score (nSPS) is 21.3. The largest absolute Gasteiger partial charge is 0.353 e. The summed E-state index contributed by atoms with van der Waals surface area (Å²) in [5.41, 5.74) is 2.73. The molecule has 118 valence electrons. The summed E-state index contributed by atoms with van der Waals surface area (Å²) in [5.74, 6) is 3.06. The Labute approximate surface area is 136 Å². The molecule has 0 radical (unpaired) electrons. The van der Waals surface area contributed by atoms with E-state index in [2.05, 4.69) is 58.1 Å². The average molecular weight is 307 g/mol. The molecule has 0 bridgehead atoms. The second kappa shape index (κ2) is 5.33. The molecule has 2 atom stereocenters. The Morgan fingerprint density at radius 2 is 1.87 bits per heavy atom. The highest BCUT2D eigenvalue weighted by atomic mass is 15.4. The zero-order valence-corrected chi connectivity index (χ0v) is 13.8. The van der Waals surface area contributed by atoms with Gasteiger partial charge in [0.05, 0.1) is 0 Å². The minimum Gasteiger partial charge on any atom is -0.353 e. The van der Waals surface area contributed by atoms with Crippen molar-refractivity contribution in [3.63, 3.8) is 0 Å². The molecule has 23 heavy (non-hydrogen) atoms. The maximum Gasteiger partial charge on any atom is 0.254 e. The summed E-state index contributed by atoms with van der Waals surface area (Å²) in [6.07, 6.45) is 2.98. The Morgan fingerprint density at radius 1 is 1.09 bits per heavy atom. The van der Waals surface area contributed by atoms with Crippen molar-refractivity contribution in [3.05, 3.63) is 53.5 Å². The summed E-state index contributed by atoms with van der Waals surface area (Å²) in [4.78, 5) is 11.1. The lowest BCUT2D eigenvalue weighted by Crippen LogP contribution is -2.28. The number of benzene rings is 1. The molecule has 0 spiro atoms. The fraction of sp³-hybridized carbons (Fsp3) is 0.389. The van der Waals surface area contributed by atoms with Gasteiger partial charge in [-0.3, -0.25) is 0 Å². The number of hydrogen-bond acceptors (Lipinski definition) is 4. The Balaban J connectivity index is 1.68. The highest BCUT2D eigenvalue weighted by molar-refractivity contribution is 5.48. The monoisotopic (exact) mass is 307 g/mol. The van der Waals surface area contributed by atoms with Crippen LogP contribution in [0.15, 0.2) is 36.5 Å². The van der Waals surface area contributed by atoms with Crippen molar-refractivity contribution >= 4 is 11.6 Å². The number of aromatic nitrogens is 4. The lowest BCUT2D eigenvalue weighted by Gasteiger charge is -2.23. The zero-order valence-electron chi connectivity index (χ0n) is 13.8. The van der Waals surface area contributed by atoms with Gasteiger partial charge >= 0.3 is 0 Å². The van der Waals surface area contributed by atoms with Crippen molar-refractivity contribution in [2.24, 2.45) is 0 Å². The third kappa shape index (κ3) is 2.46. The molecule has 1 aliphatic heterocycles. The summed E-state index contributed by atoms with van der Waals surface area (Å²) in [7, 11) is 0. The van der Waals surface area contributed by atoms with Crippen molar-refractivity contribution in [1.29, 1.82) is 0 Å². The van der Waals surface area contributed by atoms with Crippen LogP contribution >= 0.6 is 0 Å². The van der Waals surface area contributed by atoms with E-state index < -0.39 is 0 Å². The summed E-state index contributed by atoms with van der Waals surface area (Å²) in [6.45, 7) is 7.32. The molecule has 0 saturated carbocycles. The third-order valence-electron chi connectivity index (χ3n) is 4.74. The first-order chi connectivity index (χ1) is 11.1. The number of aryl methyl sites for hydroxylation is 2. The minimum atomic E-state index is 0.469. The first-order valence-electron chi connectivity index (χ1n) is 8.13. The molecule has 0 aliphatic carbocycles. The van der Waals surface area contributed by atoms with Crippen LogP contribution in [-0.2, 0) is 0 Å². The van der Waals surface area contributed by atoms with Crippen LogP contribution in [0, 0.1) is 13.8 Å². The molecule has 2 unspecified atom stereocenters. The van der Waals surface area contributed by atoms with Crippen molar-refractivity contribution in [2.45, 2.75) is 39.2 Å². The second-order valence-electron chi connectivity index (χ2n) is 6.52. The van der Waals surface area contributed by atoms with E-state index in [1.54, 1.807) is 0 Å². The lowest BCUT2D eigenvalue weighted by atomic mass is 9.96. The quantitative estimate of drug-likeness (QED) is 0.730. The van der Waals surface area contributed by atoms with E-state index in [-0.39, 0.29) is 0 Å². The summed E-state index contributed by atoms with van der Waals surface area (Å²) in [5, 5.41) is 4.50. The van der Waals surface area contributed by atoms with Crippen LogP contribution in [0.2, 0.25) is 0 Å². The van der Waals surface area contributed by atoms with Gasteiger partial charge in [0.25, 0.3) is 5.78 Å². The second-order valence-corrected chi connectivity index (χ2v) is 6.52. The maximum absolute atomic E-state index is 4.50. The van der Waals surface area contributed by atoms with Crippen molar-refractivity contribution in [1.82, 2.24) is 19.6 Å². The Bertz CT molecular complexity index is 836. The van der Waals surface area contributed by atoms with E-state index >= 15 is 0 Å². The van der Waals surface area contributed by atoms with E-state index in [1.165, 1.54) is 11.1 Å². The molecule has 3 heterocycles. The van der Waals surface area contributed by atoms with Gasteiger partial charge < -0.3 is 4.90 Å². The molecule has 1 saturated heterocycles. The summed E-state index contributed by atoms with van der Waals surface area (Å²) < 4.78 is 1.86. The standard InChI is InChI=1S/C18H21N5/c1-12-4-6-15(7-5-12)16-10-13(2)22(11-16)17-8-9-19-18-20-14(3)21-23(17)18/h4-9,13,16H,10-11H2,1-3H3. The van der Waals surface area contributed by atoms with Gasteiger partial charge in [0, 0.05) is 24.7 Å². The van der Waals surface area contributed by atoms with Crippen LogP contribution in [0.5, 0.6) is 0 Å². The Kier molecular flexibility index (Phi) is 3.29. The van der Waals surface area contributed by atoms with E-state index in [0.29, 0.717) is 17.7 Å². The molecule has 1 aromatic carbocycles. The maximum atomic E-state index is 4.50. The zero-order chi connectivity index (χ0) is 16.0. The molecule has 5 nitrogen and oxygen atoms in total. The van der Waals surface area contributed by atoms with Crippen LogP contribution in [0.1, 0.15) is 36.2 Å². The molecule has 0 N–H and O–H groups in total. The number of fused-ring (bicyclic) bond motifs is 1. The number of rotatable bonds is 2. The van der Waals surface area contributed by atoms with E-state index in [9.17, 15) is 0 Å². The SMILES string of the molecule is Cc1ccc(C2CC(C)N(c3ccnc4nc(C)nn34)C2)cc1. The van der Waals surface area contributed by atoms with E-state index in [4.69, 9.17) is 0 Å². The van der Waals surface area contributed by atoms with Gasteiger partial charge in [-0.25, -0.2) is 4.98 Å². The lowest BCUT2D eigenvalue weighted by molar-refractivity contribution is 0.690. The average Bonchev–Trinajstić information content (AvgIpc) is 3.09. The topological polar surface area (TPSA) is 46.3 Å². The van der Waals surface area contributed by atoms with Crippen molar-refractivity contribution in [3.8, 4) is 0 Å². The van der Waals surface area contributed by atoms with Gasteiger partial charge in [0.2, 0.25) is 0 Å². The Morgan fingerprint density at radius 3 is 2.65 bits per heavy atom. The number of nitrogens with zero attached hydrogens (tertiary/aromatic N) is 5. The molecule has 1 fully saturated rings. The van der Waals surface area contributed by atoms with Gasteiger partial charge in [0.15, 0.2) is 0 Å². The molecule has 2 aromatic heterocycles.